The van der Waals surface area contributed by atoms with Crippen molar-refractivity contribution in [1.29, 1.82) is 0 Å². The normalized spacial score (nSPS) is 13.6. The summed E-state index contributed by atoms with van der Waals surface area (Å²) >= 11 is 1.76. The van der Waals surface area contributed by atoms with E-state index >= 15 is 0 Å². The van der Waals surface area contributed by atoms with Crippen LogP contribution in [0.4, 0.5) is 4.79 Å². The predicted molar refractivity (Wildman–Crippen MR) is 79.6 cm³/mol. The highest BCUT2D eigenvalue weighted by Gasteiger charge is 2.12. The van der Waals surface area contributed by atoms with Crippen LogP contribution in [-0.2, 0) is 4.79 Å². The maximum atomic E-state index is 11.5. The minimum atomic E-state index is -0.757. The van der Waals surface area contributed by atoms with Crippen LogP contribution < -0.4 is 10.6 Å². The molecule has 2 unspecified atom stereocenters. The molecule has 2 amide bonds. The first-order valence-electron chi connectivity index (χ1n) is 6.73. The van der Waals surface area contributed by atoms with Crippen molar-refractivity contribution in [2.75, 3.05) is 18.6 Å². The van der Waals surface area contributed by atoms with Gasteiger partial charge in [-0.1, -0.05) is 13.3 Å². The van der Waals surface area contributed by atoms with Crippen molar-refractivity contribution in [3.63, 3.8) is 0 Å². The highest BCUT2D eigenvalue weighted by Crippen LogP contribution is 2.09. The maximum Gasteiger partial charge on any atom is 0.314 e. The molecule has 6 heteroatoms. The number of hydrogen-bond donors (Lipinski definition) is 3. The summed E-state index contributed by atoms with van der Waals surface area (Å²) in [5.74, 6) is -0.0252. The lowest BCUT2D eigenvalue weighted by atomic mass is 10.0. The van der Waals surface area contributed by atoms with Gasteiger partial charge in [-0.25, -0.2) is 4.79 Å². The molecule has 0 aliphatic heterocycles. The largest absolute Gasteiger partial charge is 0.481 e. The van der Waals surface area contributed by atoms with Crippen molar-refractivity contribution in [3.8, 4) is 0 Å². The number of thioether (sulfide) groups is 1. The molecule has 0 rings (SSSR count). The van der Waals surface area contributed by atoms with Crippen LogP contribution in [0.2, 0.25) is 0 Å². The molecule has 0 aliphatic rings. The van der Waals surface area contributed by atoms with Crippen molar-refractivity contribution in [2.24, 2.45) is 5.92 Å². The van der Waals surface area contributed by atoms with E-state index in [9.17, 15) is 9.59 Å². The number of rotatable bonds is 10. The van der Waals surface area contributed by atoms with Crippen molar-refractivity contribution in [1.82, 2.24) is 10.6 Å². The Labute approximate surface area is 119 Å². The van der Waals surface area contributed by atoms with Gasteiger partial charge in [-0.3, -0.25) is 4.79 Å². The minimum absolute atomic E-state index is 0.0709. The van der Waals surface area contributed by atoms with E-state index in [1.165, 1.54) is 0 Å². The lowest BCUT2D eigenvalue weighted by Crippen LogP contribution is -2.41. The van der Waals surface area contributed by atoms with Gasteiger partial charge in [-0.15, -0.1) is 0 Å². The molecule has 0 aliphatic carbocycles. The Kier molecular flexibility index (Phi) is 10.4. The van der Waals surface area contributed by atoms with Crippen LogP contribution in [0.5, 0.6) is 0 Å². The molecular formula is C13H26N2O3S. The van der Waals surface area contributed by atoms with Gasteiger partial charge in [0.1, 0.15) is 0 Å². The summed E-state index contributed by atoms with van der Waals surface area (Å²) in [7, 11) is 0. The second-order valence-corrected chi connectivity index (χ2v) is 5.80. The van der Waals surface area contributed by atoms with Crippen molar-refractivity contribution in [3.05, 3.63) is 0 Å². The number of urea groups is 1. The minimum Gasteiger partial charge on any atom is -0.481 e. The van der Waals surface area contributed by atoms with E-state index in [-0.39, 0.29) is 18.0 Å². The van der Waals surface area contributed by atoms with Gasteiger partial charge in [0.2, 0.25) is 0 Å². The Morgan fingerprint density at radius 1 is 1.21 bits per heavy atom. The van der Waals surface area contributed by atoms with Gasteiger partial charge in [0, 0.05) is 12.6 Å². The van der Waals surface area contributed by atoms with Crippen LogP contribution in [0, 0.1) is 5.92 Å². The molecule has 0 saturated heterocycles. The zero-order valence-corrected chi connectivity index (χ0v) is 12.9. The molecule has 0 spiro atoms. The zero-order chi connectivity index (χ0) is 14.7. The second-order valence-electron chi connectivity index (χ2n) is 4.82. The third kappa shape index (κ3) is 10.7. The third-order valence-corrected chi connectivity index (χ3v) is 3.58. The molecule has 0 bridgehead atoms. The van der Waals surface area contributed by atoms with Crippen LogP contribution in [0.1, 0.15) is 39.5 Å². The van der Waals surface area contributed by atoms with Crippen molar-refractivity contribution < 1.29 is 14.7 Å². The highest BCUT2D eigenvalue weighted by molar-refractivity contribution is 7.98. The Morgan fingerprint density at radius 3 is 2.47 bits per heavy atom. The summed E-state index contributed by atoms with van der Waals surface area (Å²) < 4.78 is 0. The first-order valence-corrected chi connectivity index (χ1v) is 8.12. The maximum absolute atomic E-state index is 11.5. The number of carbonyl (C=O) groups excluding carboxylic acids is 1. The first-order chi connectivity index (χ1) is 8.97. The van der Waals surface area contributed by atoms with Crippen LogP contribution >= 0.6 is 11.8 Å². The standard InChI is InChI=1S/C13H26N2O3S/c1-10(12(16)17)6-4-7-11(2)15-13(18)14-8-5-9-19-3/h10-11H,4-9H2,1-3H3,(H,16,17)(H2,14,15,18). The number of carbonyl (C=O) groups is 2. The van der Waals surface area contributed by atoms with Crippen LogP contribution in [0.3, 0.4) is 0 Å². The molecule has 0 heterocycles. The average molecular weight is 290 g/mol. The molecule has 5 nitrogen and oxygen atoms in total. The number of aliphatic carboxylic acids is 1. The van der Waals surface area contributed by atoms with E-state index in [0.717, 1.165) is 25.0 Å². The lowest BCUT2D eigenvalue weighted by Gasteiger charge is -2.15. The van der Waals surface area contributed by atoms with Crippen LogP contribution in [-0.4, -0.2) is 41.7 Å². The van der Waals surface area contributed by atoms with E-state index in [2.05, 4.69) is 10.6 Å². The molecule has 0 saturated carbocycles. The van der Waals surface area contributed by atoms with E-state index in [1.807, 2.05) is 13.2 Å². The summed E-state index contributed by atoms with van der Waals surface area (Å²) in [5, 5.41) is 14.4. The summed E-state index contributed by atoms with van der Waals surface area (Å²) in [5.41, 5.74) is 0. The fourth-order valence-corrected chi connectivity index (χ4v) is 2.05. The number of nitrogens with one attached hydrogen (secondary N) is 2. The molecule has 0 aromatic carbocycles. The van der Waals surface area contributed by atoms with E-state index < -0.39 is 5.97 Å². The molecule has 3 N–H and O–H groups in total. The summed E-state index contributed by atoms with van der Waals surface area (Å²) in [4.78, 5) is 22.1. The predicted octanol–water partition coefficient (Wildman–Crippen LogP) is 2.32. The zero-order valence-electron chi connectivity index (χ0n) is 12.1. The van der Waals surface area contributed by atoms with Crippen molar-refractivity contribution >= 4 is 23.8 Å². The summed E-state index contributed by atoms with van der Waals surface area (Å²) in [6.07, 6.45) is 5.27. The molecule has 2 atom stereocenters. The molecule has 112 valence electrons. The Hall–Kier alpha value is -0.910. The summed E-state index contributed by atoms with van der Waals surface area (Å²) in [6.45, 7) is 4.33. The SMILES string of the molecule is CSCCCNC(=O)NC(C)CCCC(C)C(=O)O. The highest BCUT2D eigenvalue weighted by atomic mass is 32.2. The Morgan fingerprint density at radius 2 is 1.89 bits per heavy atom. The molecule has 0 fully saturated rings. The quantitative estimate of drug-likeness (QED) is 0.540. The van der Waals surface area contributed by atoms with Gasteiger partial charge in [0.25, 0.3) is 0 Å². The van der Waals surface area contributed by atoms with Crippen LogP contribution in [0.25, 0.3) is 0 Å². The number of carboxylic acid groups (broad SMARTS) is 1. The van der Waals surface area contributed by atoms with E-state index in [1.54, 1.807) is 18.7 Å². The second kappa shape index (κ2) is 11.0. The molecule has 0 aromatic rings. The fraction of sp³-hybridized carbons (Fsp3) is 0.846. The molecule has 0 aromatic heterocycles. The lowest BCUT2D eigenvalue weighted by molar-refractivity contribution is -0.141. The Bertz CT molecular complexity index is 275. The Balaban J connectivity index is 3.59. The van der Waals surface area contributed by atoms with Gasteiger partial charge in [-0.2, -0.15) is 11.8 Å². The summed E-state index contributed by atoms with van der Waals surface area (Å²) in [6, 6.07) is -0.0681. The molecule has 0 radical (unpaired) electrons. The topological polar surface area (TPSA) is 78.4 Å². The van der Waals surface area contributed by atoms with E-state index in [0.29, 0.717) is 13.0 Å². The first kappa shape index (κ1) is 18.1. The van der Waals surface area contributed by atoms with Crippen molar-refractivity contribution in [2.45, 2.75) is 45.6 Å². The molecular weight excluding hydrogens is 264 g/mol. The monoisotopic (exact) mass is 290 g/mol. The van der Waals surface area contributed by atoms with Crippen LogP contribution in [0.15, 0.2) is 0 Å². The van der Waals surface area contributed by atoms with Gasteiger partial charge >= 0.3 is 12.0 Å². The number of carboxylic acids is 1. The smallest absolute Gasteiger partial charge is 0.314 e. The van der Waals surface area contributed by atoms with Gasteiger partial charge < -0.3 is 15.7 Å². The number of hydrogen-bond acceptors (Lipinski definition) is 3. The van der Waals surface area contributed by atoms with Gasteiger partial charge in [0.05, 0.1) is 5.92 Å². The fourth-order valence-electron chi connectivity index (χ4n) is 1.62. The van der Waals surface area contributed by atoms with E-state index in [4.69, 9.17) is 5.11 Å². The average Bonchev–Trinajstić information content (AvgIpc) is 2.34. The number of amides is 2. The van der Waals surface area contributed by atoms with Gasteiger partial charge in [0.15, 0.2) is 0 Å². The van der Waals surface area contributed by atoms with Gasteiger partial charge in [-0.05, 0) is 38.2 Å². The molecule has 19 heavy (non-hydrogen) atoms. The third-order valence-electron chi connectivity index (χ3n) is 2.88.